The molecular weight excluding hydrogens is 512 g/mol. The van der Waals surface area contributed by atoms with Crippen molar-refractivity contribution in [2.45, 2.75) is 111 Å². The van der Waals surface area contributed by atoms with E-state index in [1.807, 2.05) is 20.8 Å². The van der Waals surface area contributed by atoms with Crippen molar-refractivity contribution in [1.82, 2.24) is 0 Å². The van der Waals surface area contributed by atoms with E-state index in [4.69, 9.17) is 9.47 Å². The topological polar surface area (TPSA) is 130 Å². The summed E-state index contributed by atoms with van der Waals surface area (Å²) in [5, 5.41) is 34.6. The third-order valence-corrected chi connectivity index (χ3v) is 10.6. The number of unbranched alkanes of at least 4 members (excludes halogenated alkanes) is 2. The first-order chi connectivity index (χ1) is 18.6. The number of hydrogen-bond acceptors (Lipinski definition) is 8. The Morgan fingerprint density at radius 3 is 2.38 bits per heavy atom. The van der Waals surface area contributed by atoms with Gasteiger partial charge in [-0.1, -0.05) is 58.3 Å². The summed E-state index contributed by atoms with van der Waals surface area (Å²) in [4.78, 5) is 40.8. The lowest BCUT2D eigenvalue weighted by Crippen LogP contribution is -2.66. The molecule has 0 aromatic rings. The van der Waals surface area contributed by atoms with Gasteiger partial charge in [0.05, 0.1) is 12.0 Å². The maximum absolute atomic E-state index is 14.7. The van der Waals surface area contributed by atoms with Gasteiger partial charge in [-0.25, -0.2) is 4.79 Å². The molecule has 0 aromatic carbocycles. The van der Waals surface area contributed by atoms with Crippen LogP contribution in [0.3, 0.4) is 0 Å². The first kappa shape index (κ1) is 30.7. The van der Waals surface area contributed by atoms with E-state index >= 15 is 0 Å². The zero-order valence-electron chi connectivity index (χ0n) is 25.2. The number of carbonyl (C=O) groups excluding carboxylic acids is 3. The summed E-state index contributed by atoms with van der Waals surface area (Å²) in [5.74, 6) is -3.09. The lowest BCUT2D eigenvalue weighted by molar-refractivity contribution is -0.203. The Hall–Kier alpha value is -2.29. The highest BCUT2D eigenvalue weighted by Gasteiger charge is 2.83. The van der Waals surface area contributed by atoms with Gasteiger partial charge in [0.1, 0.15) is 11.7 Å². The van der Waals surface area contributed by atoms with Crippen LogP contribution < -0.4 is 0 Å². The number of ether oxygens (including phenoxy) is 2. The van der Waals surface area contributed by atoms with Crippen molar-refractivity contribution < 1.29 is 39.2 Å². The molecule has 222 valence electrons. The van der Waals surface area contributed by atoms with Crippen LogP contribution in [0.15, 0.2) is 34.4 Å². The molecule has 4 aliphatic carbocycles. The SMILES string of the molecule is CCCCCC(=O)O[C@@]12C[C@@H](C)[C@]34C=C(C)[C@H](OC(=O)C(C)=C(C)C)[C@@]3(O)[C@H](O)C(CO)=C[C@H](C4=O)[C@@H]1C2(C)C. The highest BCUT2D eigenvalue weighted by atomic mass is 16.6. The first-order valence-electron chi connectivity index (χ1n) is 14.6. The Kier molecular flexibility index (Phi) is 7.83. The van der Waals surface area contributed by atoms with Gasteiger partial charge in [-0.2, -0.15) is 0 Å². The van der Waals surface area contributed by atoms with Crippen molar-refractivity contribution in [3.05, 3.63) is 34.4 Å². The van der Waals surface area contributed by atoms with Crippen LogP contribution in [0.1, 0.15) is 87.5 Å². The molecule has 0 amide bonds. The largest absolute Gasteiger partial charge is 0.458 e. The van der Waals surface area contributed by atoms with Crippen LogP contribution in [-0.4, -0.2) is 63.1 Å². The number of carbonyl (C=O) groups is 3. The van der Waals surface area contributed by atoms with Crippen molar-refractivity contribution >= 4 is 17.7 Å². The molecule has 0 aliphatic heterocycles. The number of esters is 2. The lowest BCUT2D eigenvalue weighted by Gasteiger charge is -2.49. The summed E-state index contributed by atoms with van der Waals surface area (Å²) in [6, 6.07) is 0. The molecule has 40 heavy (non-hydrogen) atoms. The van der Waals surface area contributed by atoms with Gasteiger partial charge in [-0.15, -0.1) is 0 Å². The number of aliphatic hydroxyl groups excluding tert-OH is 2. The predicted molar refractivity (Wildman–Crippen MR) is 149 cm³/mol. The second-order valence-electron chi connectivity index (χ2n) is 13.3. The molecule has 8 atom stereocenters. The minimum absolute atomic E-state index is 0.0887. The van der Waals surface area contributed by atoms with Gasteiger partial charge in [0.2, 0.25) is 0 Å². The van der Waals surface area contributed by atoms with E-state index in [0.29, 0.717) is 17.6 Å². The van der Waals surface area contributed by atoms with Crippen LogP contribution in [0.25, 0.3) is 0 Å². The van der Waals surface area contributed by atoms with Gasteiger partial charge in [0.25, 0.3) is 0 Å². The zero-order valence-corrected chi connectivity index (χ0v) is 25.2. The highest BCUT2D eigenvalue weighted by molar-refractivity contribution is 5.96. The summed E-state index contributed by atoms with van der Waals surface area (Å²) in [6.07, 6.45) is 3.43. The molecule has 0 saturated heterocycles. The number of fused-ring (bicyclic) bond motifs is 3. The molecule has 0 unspecified atom stereocenters. The van der Waals surface area contributed by atoms with Crippen LogP contribution in [0.5, 0.6) is 0 Å². The number of rotatable bonds is 8. The molecule has 1 spiro atoms. The number of Topliss-reactive ketones (excluding diaryl/α,β-unsaturated/α-hetero) is 1. The zero-order chi connectivity index (χ0) is 30.0. The molecule has 8 nitrogen and oxygen atoms in total. The number of allylic oxidation sites excluding steroid dienone is 2. The number of hydrogen-bond donors (Lipinski definition) is 3. The predicted octanol–water partition coefficient (Wildman–Crippen LogP) is 3.97. The van der Waals surface area contributed by atoms with E-state index in [-0.39, 0.29) is 23.7 Å². The van der Waals surface area contributed by atoms with Crippen molar-refractivity contribution in [2.75, 3.05) is 6.61 Å². The summed E-state index contributed by atoms with van der Waals surface area (Å²) in [7, 11) is 0. The Morgan fingerprint density at radius 2 is 1.80 bits per heavy atom. The Bertz CT molecular complexity index is 1190. The average Bonchev–Trinajstić information content (AvgIpc) is 3.28. The molecule has 3 N–H and O–H groups in total. The standard InChI is InChI=1S/C32H46O8/c1-9-10-11-12-23(34)40-31-15-19(5)30-14-18(4)27(39-28(37)20(6)17(2)3)32(30,38)25(35)21(16-33)13-22(26(30)36)24(31)29(31,7)8/h13-14,19,22,24-25,27,33,35,38H,9-12,15-16H2,1-8H3/t19-,22+,24-,25-,27+,30+,31+,32+/m1/s1. The second kappa shape index (κ2) is 10.2. The Balaban J connectivity index is 1.85. The summed E-state index contributed by atoms with van der Waals surface area (Å²) in [5.41, 5.74) is -3.74. The minimum atomic E-state index is -2.26. The van der Waals surface area contributed by atoms with Crippen molar-refractivity contribution in [3.8, 4) is 0 Å². The average molecular weight is 559 g/mol. The fourth-order valence-electron chi connectivity index (χ4n) is 8.07. The molecule has 2 bridgehead atoms. The van der Waals surface area contributed by atoms with Crippen LogP contribution in [0, 0.1) is 28.6 Å². The third kappa shape index (κ3) is 4.00. The first-order valence-corrected chi connectivity index (χ1v) is 14.6. The minimum Gasteiger partial charge on any atom is -0.458 e. The van der Waals surface area contributed by atoms with Gasteiger partial charge in [0.15, 0.2) is 17.5 Å². The van der Waals surface area contributed by atoms with Gasteiger partial charge >= 0.3 is 11.9 Å². The van der Waals surface area contributed by atoms with Crippen LogP contribution in [0.2, 0.25) is 0 Å². The van der Waals surface area contributed by atoms with Gasteiger partial charge in [-0.3, -0.25) is 9.59 Å². The summed E-state index contributed by atoms with van der Waals surface area (Å²) < 4.78 is 12.1. The molecule has 0 radical (unpaired) electrons. The highest BCUT2D eigenvalue weighted by Crippen LogP contribution is 2.75. The fraction of sp³-hybridized carbons (Fsp3) is 0.719. The van der Waals surface area contributed by atoms with Crippen LogP contribution >= 0.6 is 0 Å². The van der Waals surface area contributed by atoms with Crippen molar-refractivity contribution in [1.29, 1.82) is 0 Å². The maximum Gasteiger partial charge on any atom is 0.334 e. The number of aliphatic hydroxyl groups is 3. The fourth-order valence-corrected chi connectivity index (χ4v) is 8.07. The van der Waals surface area contributed by atoms with E-state index in [0.717, 1.165) is 24.8 Å². The smallest absolute Gasteiger partial charge is 0.334 e. The monoisotopic (exact) mass is 558 g/mol. The van der Waals surface area contributed by atoms with E-state index in [1.54, 1.807) is 39.8 Å². The molecule has 0 heterocycles. The third-order valence-electron chi connectivity index (χ3n) is 10.6. The summed E-state index contributed by atoms with van der Waals surface area (Å²) in [6.45, 7) is 14.1. The normalized spacial score (nSPS) is 39.1. The van der Waals surface area contributed by atoms with E-state index < -0.39 is 64.6 Å². The van der Waals surface area contributed by atoms with Crippen LogP contribution in [0.4, 0.5) is 0 Å². The quantitative estimate of drug-likeness (QED) is 0.177. The van der Waals surface area contributed by atoms with E-state index in [9.17, 15) is 29.7 Å². The van der Waals surface area contributed by atoms with Crippen molar-refractivity contribution in [3.63, 3.8) is 0 Å². The Morgan fingerprint density at radius 1 is 1.15 bits per heavy atom. The molecule has 8 heteroatoms. The molecule has 0 aromatic heterocycles. The van der Waals surface area contributed by atoms with Gasteiger partial charge in [-0.05, 0) is 57.6 Å². The van der Waals surface area contributed by atoms with Crippen molar-refractivity contribution in [2.24, 2.45) is 28.6 Å². The lowest BCUT2D eigenvalue weighted by atomic mass is 9.59. The number of ketones is 1. The van der Waals surface area contributed by atoms with Gasteiger partial charge in [0, 0.05) is 29.2 Å². The maximum atomic E-state index is 14.7. The molecule has 2 fully saturated rings. The second-order valence-corrected chi connectivity index (χ2v) is 13.3. The van der Waals surface area contributed by atoms with Crippen LogP contribution in [-0.2, 0) is 23.9 Å². The molecule has 4 aliphatic rings. The van der Waals surface area contributed by atoms with E-state index in [2.05, 4.69) is 6.92 Å². The molecule has 2 saturated carbocycles. The summed E-state index contributed by atoms with van der Waals surface area (Å²) >= 11 is 0. The molecule has 4 rings (SSSR count). The van der Waals surface area contributed by atoms with Gasteiger partial charge < -0.3 is 24.8 Å². The molecular formula is C32H46O8. The van der Waals surface area contributed by atoms with E-state index in [1.165, 1.54) is 0 Å². The Labute approximate surface area is 237 Å².